The van der Waals surface area contributed by atoms with Crippen LogP contribution in [-0.2, 0) is 0 Å². The van der Waals surface area contributed by atoms with Gasteiger partial charge in [0, 0.05) is 55.3 Å². The molecule has 15 rings (SSSR count). The van der Waals surface area contributed by atoms with Gasteiger partial charge >= 0.3 is 0 Å². The zero-order valence-corrected chi connectivity index (χ0v) is 43.3. The third-order valence-corrected chi connectivity index (χ3v) is 15.7. The molecular weight excluding hydrogens is 989 g/mol. The van der Waals surface area contributed by atoms with E-state index in [4.69, 9.17) is 23.1 Å². The van der Waals surface area contributed by atoms with Gasteiger partial charge in [0.25, 0.3) is 0 Å². The summed E-state index contributed by atoms with van der Waals surface area (Å²) in [5, 5.41) is 17.1. The van der Waals surface area contributed by atoms with E-state index in [1.165, 1.54) is 10.8 Å². The smallest absolute Gasteiger partial charge is 0.188 e. The molecule has 0 amide bonds. The minimum atomic E-state index is 0.553. The predicted molar refractivity (Wildman–Crippen MR) is 329 cm³/mol. The molecule has 15 aromatic rings. The molecule has 0 aliphatic heterocycles. The lowest BCUT2D eigenvalue weighted by Gasteiger charge is -2.12. The van der Waals surface area contributed by atoms with Crippen molar-refractivity contribution >= 4 is 76.8 Å². The van der Waals surface area contributed by atoms with Crippen LogP contribution < -0.4 is 0 Å². The molecule has 0 atom stereocenters. The Hall–Kier alpha value is -11.6. The van der Waals surface area contributed by atoms with E-state index >= 15 is 0 Å². The highest BCUT2D eigenvalue weighted by molar-refractivity contribution is 6.15. The van der Waals surface area contributed by atoms with Gasteiger partial charge in [-0.15, -0.1) is 0 Å². The van der Waals surface area contributed by atoms with Crippen molar-refractivity contribution in [2.45, 2.75) is 0 Å². The van der Waals surface area contributed by atoms with Gasteiger partial charge in [-0.3, -0.25) is 0 Å². The number of hydrogen-bond donors (Lipinski definition) is 0. The molecule has 4 heterocycles. The first-order valence-corrected chi connectivity index (χ1v) is 26.7. The molecular formula is C73H42N8. The molecule has 0 saturated heterocycles. The summed E-state index contributed by atoms with van der Waals surface area (Å²) in [5.41, 5.74) is 19.3. The van der Waals surface area contributed by atoms with Crippen molar-refractivity contribution in [1.82, 2.24) is 23.7 Å². The van der Waals surface area contributed by atoms with Crippen LogP contribution in [0.25, 0.3) is 148 Å². The summed E-state index contributed by atoms with van der Waals surface area (Å²) in [6, 6.07) is 90.0. The molecule has 8 nitrogen and oxygen atoms in total. The fourth-order valence-electron chi connectivity index (χ4n) is 11.9. The Kier molecular flexibility index (Phi) is 10.8. The second kappa shape index (κ2) is 18.8. The Bertz CT molecular complexity index is 5000. The minimum Gasteiger partial charge on any atom is -0.309 e. The van der Waals surface area contributed by atoms with E-state index in [1.54, 1.807) is 0 Å². The average molecular weight is 1030 g/mol. The summed E-state index contributed by atoms with van der Waals surface area (Å²) in [5.74, 6) is 0.661. The number of benzene rings is 11. The number of hydrogen-bond acceptors (Lipinski definition) is 3. The normalized spacial score (nSPS) is 11.4. The molecule has 0 aliphatic rings. The van der Waals surface area contributed by atoms with Gasteiger partial charge in [-0.2, -0.15) is 5.26 Å². The maximum absolute atomic E-state index is 10.6. The Balaban J connectivity index is 0.818. The Morgan fingerprint density at radius 2 is 0.728 bits per heavy atom. The number of nitrogens with zero attached hydrogens (tertiary/aromatic N) is 8. The van der Waals surface area contributed by atoms with Crippen LogP contribution in [0, 0.1) is 24.5 Å². The van der Waals surface area contributed by atoms with E-state index in [0.717, 1.165) is 122 Å². The molecule has 0 bridgehead atoms. The zero-order valence-electron chi connectivity index (χ0n) is 43.3. The zero-order chi connectivity index (χ0) is 54.1. The minimum absolute atomic E-state index is 0.553. The highest BCUT2D eigenvalue weighted by Gasteiger charge is 2.21. The van der Waals surface area contributed by atoms with E-state index in [-0.39, 0.29) is 0 Å². The van der Waals surface area contributed by atoms with Crippen LogP contribution in [0.3, 0.4) is 0 Å². The molecule has 0 unspecified atom stereocenters. The van der Waals surface area contributed by atoms with E-state index in [9.17, 15) is 5.26 Å². The van der Waals surface area contributed by atoms with Crippen LogP contribution in [0.2, 0.25) is 0 Å². The SMILES string of the molecule is [C-]#[N+]c1ccc2c(c1)c1cc([N+]#[C-])ccc1n2-c1ccc2c(c1)c1cc(-n3c4ccccc4c4ccccc43)ccc1n2-c1ccc(-c2ccc(-c3ccc(-c4cc(-c5ccccc5)nc(-c5ccccc5)n4)cc3)c(C#N)c2)cc1. The van der Waals surface area contributed by atoms with Crippen LogP contribution in [0.15, 0.2) is 255 Å². The Labute approximate surface area is 465 Å². The molecule has 0 spiro atoms. The number of nitriles is 1. The highest BCUT2D eigenvalue weighted by Crippen LogP contribution is 2.42. The Morgan fingerprint density at radius 3 is 1.26 bits per heavy atom. The van der Waals surface area contributed by atoms with E-state index in [1.807, 2.05) is 103 Å². The van der Waals surface area contributed by atoms with E-state index < -0.39 is 0 Å². The van der Waals surface area contributed by atoms with Crippen molar-refractivity contribution in [3.05, 3.63) is 283 Å². The van der Waals surface area contributed by atoms with E-state index in [0.29, 0.717) is 22.8 Å². The van der Waals surface area contributed by atoms with Crippen molar-refractivity contribution in [1.29, 1.82) is 5.26 Å². The summed E-state index contributed by atoms with van der Waals surface area (Å²) in [7, 11) is 0. The molecule has 0 radical (unpaired) electrons. The lowest BCUT2D eigenvalue weighted by atomic mass is 9.94. The summed E-state index contributed by atoms with van der Waals surface area (Å²) in [6.45, 7) is 15.6. The van der Waals surface area contributed by atoms with Crippen molar-refractivity contribution in [3.63, 3.8) is 0 Å². The molecule has 11 aromatic carbocycles. The van der Waals surface area contributed by atoms with Crippen LogP contribution in [-0.4, -0.2) is 23.7 Å². The van der Waals surface area contributed by atoms with Crippen LogP contribution in [0.4, 0.5) is 11.4 Å². The largest absolute Gasteiger partial charge is 0.309 e. The molecule has 8 heteroatoms. The van der Waals surface area contributed by atoms with Crippen LogP contribution >= 0.6 is 0 Å². The first kappa shape index (κ1) is 46.7. The summed E-state index contributed by atoms with van der Waals surface area (Å²) < 4.78 is 6.95. The van der Waals surface area contributed by atoms with Crippen molar-refractivity contribution in [2.24, 2.45) is 0 Å². The van der Waals surface area contributed by atoms with Gasteiger partial charge in [0.1, 0.15) is 0 Å². The van der Waals surface area contributed by atoms with Gasteiger partial charge in [0.2, 0.25) is 0 Å². The summed E-state index contributed by atoms with van der Waals surface area (Å²) in [4.78, 5) is 17.5. The first-order chi connectivity index (χ1) is 40.0. The predicted octanol–water partition coefficient (Wildman–Crippen LogP) is 19.1. The van der Waals surface area contributed by atoms with Gasteiger partial charge in [-0.05, 0) is 130 Å². The summed E-state index contributed by atoms with van der Waals surface area (Å²) >= 11 is 0. The van der Waals surface area contributed by atoms with Gasteiger partial charge < -0.3 is 13.7 Å². The molecule has 0 aliphatic carbocycles. The van der Waals surface area contributed by atoms with Gasteiger partial charge in [0.05, 0.1) is 69.3 Å². The molecule has 0 fully saturated rings. The van der Waals surface area contributed by atoms with Gasteiger partial charge in [0.15, 0.2) is 17.2 Å². The monoisotopic (exact) mass is 1030 g/mol. The number of para-hydroxylation sites is 2. The molecule has 4 aromatic heterocycles. The van der Waals surface area contributed by atoms with Gasteiger partial charge in [-0.25, -0.2) is 19.7 Å². The highest BCUT2D eigenvalue weighted by atomic mass is 15.0. The van der Waals surface area contributed by atoms with Crippen molar-refractivity contribution in [3.8, 4) is 79.3 Å². The lowest BCUT2D eigenvalue weighted by Crippen LogP contribution is -1.96. The van der Waals surface area contributed by atoms with Crippen LogP contribution in [0.5, 0.6) is 0 Å². The second-order valence-electron chi connectivity index (χ2n) is 20.3. The molecule has 81 heavy (non-hydrogen) atoms. The first-order valence-electron chi connectivity index (χ1n) is 26.7. The summed E-state index contributed by atoms with van der Waals surface area (Å²) in [6.07, 6.45) is 0. The maximum Gasteiger partial charge on any atom is 0.188 e. The molecule has 374 valence electrons. The number of aromatic nitrogens is 5. The standard InChI is InChI=1S/C73H42N8/c1-75-53-28-35-69-61(40-53)62-41-54(76-2)29-36-70(62)81(69)57-33-38-72-64(43-57)63-42-56(80-67-19-11-9-17-59(67)60-18-10-12-20-68(60)80)32-37-71(63)79(72)55-30-25-46(26-31-55)51-27-34-58(52(39-51)45-74)47-21-23-49(24-22-47)66-44-65(48-13-5-3-6-14-48)77-73(78-66)50-15-7-4-8-16-50/h3-44H. The Morgan fingerprint density at radius 1 is 0.321 bits per heavy atom. The van der Waals surface area contributed by atoms with Gasteiger partial charge in [-0.1, -0.05) is 158 Å². The van der Waals surface area contributed by atoms with Crippen molar-refractivity contribution < 1.29 is 0 Å². The van der Waals surface area contributed by atoms with E-state index in [2.05, 4.69) is 181 Å². The average Bonchev–Trinajstić information content (AvgIpc) is 4.39. The topological polar surface area (TPSA) is 73.1 Å². The van der Waals surface area contributed by atoms with Crippen LogP contribution in [0.1, 0.15) is 5.56 Å². The maximum atomic E-state index is 10.6. The fraction of sp³-hybridized carbons (Fsp3) is 0. The molecule has 0 saturated carbocycles. The fourth-order valence-corrected chi connectivity index (χ4v) is 11.9. The second-order valence-corrected chi connectivity index (χ2v) is 20.3. The van der Waals surface area contributed by atoms with Crippen molar-refractivity contribution in [2.75, 3.05) is 0 Å². The third-order valence-electron chi connectivity index (χ3n) is 15.7. The molecule has 0 N–H and O–H groups in total. The lowest BCUT2D eigenvalue weighted by molar-refractivity contribution is 1.16. The third kappa shape index (κ3) is 7.73. The number of fused-ring (bicyclic) bond motifs is 9. The number of rotatable bonds is 8. The quantitative estimate of drug-likeness (QED) is 0.142.